The summed E-state index contributed by atoms with van der Waals surface area (Å²) in [6.07, 6.45) is 3.77. The van der Waals surface area contributed by atoms with Crippen molar-refractivity contribution in [2.75, 3.05) is 38.3 Å². The predicted molar refractivity (Wildman–Crippen MR) is 82.4 cm³/mol. The predicted octanol–water partition coefficient (Wildman–Crippen LogP) is 2.12. The van der Waals surface area contributed by atoms with E-state index in [-0.39, 0.29) is 12.8 Å². The van der Waals surface area contributed by atoms with E-state index < -0.39 is 0 Å². The third-order valence-corrected chi connectivity index (χ3v) is 4.75. The first-order valence-corrected chi connectivity index (χ1v) is 7.99. The lowest BCUT2D eigenvalue weighted by atomic mass is 10.00. The van der Waals surface area contributed by atoms with Crippen molar-refractivity contribution in [1.82, 2.24) is 9.80 Å². The molecule has 1 N–H and O–H groups in total. The Hall–Kier alpha value is -1.95. The molecule has 3 aliphatic rings. The maximum Gasteiger partial charge on any atom is 0.321 e. The smallest absolute Gasteiger partial charge is 0.321 e. The molecule has 0 aliphatic carbocycles. The standard InChI is InChI=1S/C16H21N3O3/c20-16(17-12-4-5-14-15(9-12)22-11-21-14)19-8-7-18-6-2-1-3-13(18)10-19/h4-5,9,13H,1-3,6-8,10-11H2,(H,17,20). The molecule has 1 aromatic rings. The summed E-state index contributed by atoms with van der Waals surface area (Å²) in [5.74, 6) is 1.42. The number of hydrogen-bond donors (Lipinski definition) is 1. The van der Waals surface area contributed by atoms with Crippen molar-refractivity contribution in [2.45, 2.75) is 25.3 Å². The minimum Gasteiger partial charge on any atom is -0.454 e. The molecule has 118 valence electrons. The number of fused-ring (bicyclic) bond motifs is 2. The SMILES string of the molecule is O=C(Nc1ccc2c(c1)OCO2)N1CCN2CCCCC2C1. The summed E-state index contributed by atoms with van der Waals surface area (Å²) in [7, 11) is 0. The van der Waals surface area contributed by atoms with E-state index in [2.05, 4.69) is 10.2 Å². The molecule has 0 spiro atoms. The van der Waals surface area contributed by atoms with Gasteiger partial charge in [0.05, 0.1) is 0 Å². The summed E-state index contributed by atoms with van der Waals surface area (Å²) in [6, 6.07) is 6.00. The number of piperidine rings is 1. The van der Waals surface area contributed by atoms with Gasteiger partial charge in [-0.3, -0.25) is 4.90 Å². The zero-order chi connectivity index (χ0) is 14.9. The first kappa shape index (κ1) is 13.7. The van der Waals surface area contributed by atoms with Crippen molar-refractivity contribution in [3.05, 3.63) is 18.2 Å². The maximum absolute atomic E-state index is 12.5. The molecule has 0 bridgehead atoms. The molecule has 4 rings (SSSR count). The average Bonchev–Trinajstić information content (AvgIpc) is 3.02. The Balaban J connectivity index is 1.39. The van der Waals surface area contributed by atoms with Gasteiger partial charge in [-0.05, 0) is 31.5 Å². The number of piperazine rings is 1. The van der Waals surface area contributed by atoms with Crippen molar-refractivity contribution < 1.29 is 14.3 Å². The molecule has 1 aromatic carbocycles. The highest BCUT2D eigenvalue weighted by Crippen LogP contribution is 2.34. The lowest BCUT2D eigenvalue weighted by Crippen LogP contribution is -2.56. The molecule has 6 heteroatoms. The van der Waals surface area contributed by atoms with Gasteiger partial charge in [0.2, 0.25) is 6.79 Å². The summed E-state index contributed by atoms with van der Waals surface area (Å²) in [5, 5.41) is 2.97. The molecule has 0 saturated carbocycles. The number of benzene rings is 1. The Morgan fingerprint density at radius 2 is 2.05 bits per heavy atom. The first-order valence-electron chi connectivity index (χ1n) is 7.99. The highest BCUT2D eigenvalue weighted by molar-refractivity contribution is 5.89. The number of nitrogens with zero attached hydrogens (tertiary/aromatic N) is 2. The minimum absolute atomic E-state index is 0.0240. The molecule has 3 aliphatic heterocycles. The zero-order valence-corrected chi connectivity index (χ0v) is 12.6. The monoisotopic (exact) mass is 303 g/mol. The Bertz CT molecular complexity index is 578. The van der Waals surface area contributed by atoms with E-state index in [1.807, 2.05) is 23.1 Å². The summed E-state index contributed by atoms with van der Waals surface area (Å²) >= 11 is 0. The normalized spacial score (nSPS) is 24.0. The average molecular weight is 303 g/mol. The van der Waals surface area contributed by atoms with Crippen molar-refractivity contribution >= 4 is 11.7 Å². The second kappa shape index (κ2) is 5.68. The van der Waals surface area contributed by atoms with Crippen LogP contribution in [0.2, 0.25) is 0 Å². The van der Waals surface area contributed by atoms with Crippen LogP contribution in [0.15, 0.2) is 18.2 Å². The van der Waals surface area contributed by atoms with Crippen LogP contribution >= 0.6 is 0 Å². The molecule has 1 unspecified atom stereocenters. The highest BCUT2D eigenvalue weighted by atomic mass is 16.7. The third-order valence-electron chi connectivity index (χ3n) is 4.75. The number of nitrogens with one attached hydrogen (secondary N) is 1. The number of rotatable bonds is 1. The first-order chi connectivity index (χ1) is 10.8. The van der Waals surface area contributed by atoms with Gasteiger partial charge in [0.1, 0.15) is 0 Å². The molecule has 2 fully saturated rings. The van der Waals surface area contributed by atoms with Crippen LogP contribution in [0.5, 0.6) is 11.5 Å². The molecular weight excluding hydrogens is 282 g/mol. The van der Waals surface area contributed by atoms with Crippen molar-refractivity contribution in [1.29, 1.82) is 0 Å². The summed E-state index contributed by atoms with van der Waals surface area (Å²) in [5.41, 5.74) is 0.750. The molecule has 0 aromatic heterocycles. The van der Waals surface area contributed by atoms with Crippen LogP contribution < -0.4 is 14.8 Å². The molecule has 22 heavy (non-hydrogen) atoms. The van der Waals surface area contributed by atoms with E-state index >= 15 is 0 Å². The quantitative estimate of drug-likeness (QED) is 0.863. The van der Waals surface area contributed by atoms with Gasteiger partial charge in [-0.25, -0.2) is 4.79 Å². The fourth-order valence-corrected chi connectivity index (χ4v) is 3.52. The highest BCUT2D eigenvalue weighted by Gasteiger charge is 2.31. The van der Waals surface area contributed by atoms with E-state index in [0.29, 0.717) is 11.8 Å². The molecule has 6 nitrogen and oxygen atoms in total. The Morgan fingerprint density at radius 3 is 3.00 bits per heavy atom. The summed E-state index contributed by atoms with van der Waals surface area (Å²) in [4.78, 5) is 16.9. The Kier molecular flexibility index (Phi) is 3.54. The van der Waals surface area contributed by atoms with Crippen molar-refractivity contribution in [2.24, 2.45) is 0 Å². The number of anilines is 1. The van der Waals surface area contributed by atoms with Crippen LogP contribution in [-0.2, 0) is 0 Å². The van der Waals surface area contributed by atoms with E-state index in [4.69, 9.17) is 9.47 Å². The lowest BCUT2D eigenvalue weighted by molar-refractivity contribution is 0.0678. The topological polar surface area (TPSA) is 54.0 Å². The van der Waals surface area contributed by atoms with Gasteiger partial charge in [-0.15, -0.1) is 0 Å². The van der Waals surface area contributed by atoms with Crippen LogP contribution in [-0.4, -0.2) is 54.8 Å². The maximum atomic E-state index is 12.5. The van der Waals surface area contributed by atoms with Gasteiger partial charge in [0.15, 0.2) is 11.5 Å². The number of ether oxygens (including phenoxy) is 2. The molecular formula is C16H21N3O3. The molecule has 2 saturated heterocycles. The summed E-state index contributed by atoms with van der Waals surface area (Å²) in [6.45, 7) is 4.04. The largest absolute Gasteiger partial charge is 0.454 e. The van der Waals surface area contributed by atoms with Gasteiger partial charge in [0, 0.05) is 37.4 Å². The van der Waals surface area contributed by atoms with Gasteiger partial charge in [0.25, 0.3) is 0 Å². The fraction of sp³-hybridized carbons (Fsp3) is 0.562. The number of carbonyl (C=O) groups is 1. The van der Waals surface area contributed by atoms with E-state index in [1.165, 1.54) is 25.8 Å². The zero-order valence-electron chi connectivity index (χ0n) is 12.6. The van der Waals surface area contributed by atoms with Crippen molar-refractivity contribution in [3.8, 4) is 11.5 Å². The second-order valence-electron chi connectivity index (χ2n) is 6.13. The molecule has 0 radical (unpaired) electrons. The number of urea groups is 1. The van der Waals surface area contributed by atoms with Crippen molar-refractivity contribution in [3.63, 3.8) is 0 Å². The van der Waals surface area contributed by atoms with Crippen LogP contribution in [0.3, 0.4) is 0 Å². The number of hydrogen-bond acceptors (Lipinski definition) is 4. The van der Waals surface area contributed by atoms with E-state index in [0.717, 1.165) is 31.1 Å². The molecule has 1 atom stereocenters. The van der Waals surface area contributed by atoms with Crippen LogP contribution in [0.4, 0.5) is 10.5 Å². The molecule has 3 heterocycles. The van der Waals surface area contributed by atoms with Gasteiger partial charge in [-0.1, -0.05) is 6.42 Å². The van der Waals surface area contributed by atoms with Crippen LogP contribution in [0, 0.1) is 0 Å². The minimum atomic E-state index is -0.0240. The summed E-state index contributed by atoms with van der Waals surface area (Å²) < 4.78 is 10.6. The number of carbonyl (C=O) groups excluding carboxylic acids is 1. The second-order valence-corrected chi connectivity index (χ2v) is 6.13. The van der Waals surface area contributed by atoms with Gasteiger partial charge in [-0.2, -0.15) is 0 Å². The Labute approximate surface area is 130 Å². The van der Waals surface area contributed by atoms with Gasteiger partial charge < -0.3 is 19.7 Å². The Morgan fingerprint density at radius 1 is 1.14 bits per heavy atom. The van der Waals surface area contributed by atoms with E-state index in [9.17, 15) is 4.79 Å². The van der Waals surface area contributed by atoms with E-state index in [1.54, 1.807) is 0 Å². The lowest BCUT2D eigenvalue weighted by Gasteiger charge is -2.43. The van der Waals surface area contributed by atoms with Crippen LogP contribution in [0.25, 0.3) is 0 Å². The third kappa shape index (κ3) is 2.59. The number of amides is 2. The fourth-order valence-electron chi connectivity index (χ4n) is 3.52. The molecule has 2 amide bonds. The van der Waals surface area contributed by atoms with Crippen LogP contribution in [0.1, 0.15) is 19.3 Å². The van der Waals surface area contributed by atoms with Gasteiger partial charge >= 0.3 is 6.03 Å².